The number of anilines is 1. The summed E-state index contributed by atoms with van der Waals surface area (Å²) in [5.74, 6) is -2.42. The van der Waals surface area contributed by atoms with Gasteiger partial charge in [0.25, 0.3) is 0 Å². The molecule has 0 spiro atoms. The van der Waals surface area contributed by atoms with Gasteiger partial charge in [0.2, 0.25) is 5.75 Å². The summed E-state index contributed by atoms with van der Waals surface area (Å²) in [6.07, 6.45) is 0. The second kappa shape index (κ2) is 4.61. The highest BCUT2D eigenvalue weighted by Crippen LogP contribution is 2.33. The van der Waals surface area contributed by atoms with Crippen molar-refractivity contribution in [3.63, 3.8) is 0 Å². The number of nitrogens with zero attached hydrogens (tertiary/aromatic N) is 1. The number of benzene rings is 1. The Labute approximate surface area is 99.8 Å². The third-order valence-corrected chi connectivity index (χ3v) is 1.89. The number of thiocarbonyl (C=S) groups is 1. The summed E-state index contributed by atoms with van der Waals surface area (Å²) in [6, 6.07) is 1.92. The van der Waals surface area contributed by atoms with Gasteiger partial charge in [-0.3, -0.25) is 10.1 Å². The first-order valence-electron chi connectivity index (χ1n) is 4.14. The molecule has 0 aliphatic rings. The van der Waals surface area contributed by atoms with E-state index in [0.29, 0.717) is 0 Å². The first-order chi connectivity index (χ1) is 7.82. The van der Waals surface area contributed by atoms with Crippen LogP contribution in [0.1, 0.15) is 10.4 Å². The average Bonchev–Trinajstić information content (AvgIpc) is 2.18. The highest BCUT2D eigenvalue weighted by Gasteiger charge is 2.23. The molecule has 8 nitrogen and oxygen atoms in total. The molecule has 0 fully saturated rings. The van der Waals surface area contributed by atoms with Gasteiger partial charge in [-0.25, -0.2) is 4.79 Å². The van der Waals surface area contributed by atoms with Gasteiger partial charge in [0, 0.05) is 11.8 Å². The lowest BCUT2D eigenvalue weighted by atomic mass is 10.1. The summed E-state index contributed by atoms with van der Waals surface area (Å²) < 4.78 is 0. The first kappa shape index (κ1) is 12.6. The number of carboxylic acid groups (broad SMARTS) is 1. The van der Waals surface area contributed by atoms with Crippen LogP contribution in [0.15, 0.2) is 12.1 Å². The van der Waals surface area contributed by atoms with Gasteiger partial charge in [0.15, 0.2) is 5.11 Å². The van der Waals surface area contributed by atoms with Crippen molar-refractivity contribution in [2.75, 3.05) is 5.32 Å². The summed E-state index contributed by atoms with van der Waals surface area (Å²) >= 11 is 4.52. The molecule has 1 rings (SSSR count). The molecular weight excluding hydrogens is 250 g/mol. The number of hydrogen-bond donors (Lipinski definition) is 4. The van der Waals surface area contributed by atoms with Crippen molar-refractivity contribution >= 4 is 34.7 Å². The number of aromatic hydroxyl groups is 1. The van der Waals surface area contributed by atoms with Crippen LogP contribution in [-0.4, -0.2) is 26.2 Å². The highest BCUT2D eigenvalue weighted by atomic mass is 32.1. The van der Waals surface area contributed by atoms with Crippen molar-refractivity contribution in [1.29, 1.82) is 0 Å². The van der Waals surface area contributed by atoms with Gasteiger partial charge in [-0.1, -0.05) is 0 Å². The Morgan fingerprint density at radius 1 is 1.53 bits per heavy atom. The smallest absolute Gasteiger partial charge is 0.339 e. The maximum Gasteiger partial charge on any atom is 0.339 e. The lowest BCUT2D eigenvalue weighted by Crippen LogP contribution is -2.19. The number of nitrogens with one attached hydrogen (secondary N) is 1. The topological polar surface area (TPSA) is 139 Å². The summed E-state index contributed by atoms with van der Waals surface area (Å²) in [5.41, 5.74) is 3.81. The van der Waals surface area contributed by atoms with Gasteiger partial charge >= 0.3 is 11.7 Å². The SMILES string of the molecule is NC(=S)Nc1cc(C(=O)O)c(O)c([N+](=O)[O-])c1. The number of aromatic carboxylic acids is 1. The van der Waals surface area contributed by atoms with Crippen molar-refractivity contribution in [3.8, 4) is 5.75 Å². The number of phenols is 1. The molecule has 0 saturated carbocycles. The Morgan fingerprint density at radius 2 is 2.12 bits per heavy atom. The summed E-state index contributed by atoms with van der Waals surface area (Å²) in [5, 5.41) is 30.9. The molecule has 0 aliphatic carbocycles. The lowest BCUT2D eigenvalue weighted by Gasteiger charge is -2.06. The summed E-state index contributed by atoms with van der Waals surface area (Å²) in [7, 11) is 0. The van der Waals surface area contributed by atoms with Crippen LogP contribution in [-0.2, 0) is 0 Å². The Bertz CT molecular complexity index is 481. The van der Waals surface area contributed by atoms with E-state index >= 15 is 0 Å². The number of rotatable bonds is 3. The fraction of sp³-hybridized carbons (Fsp3) is 0. The molecular formula is C8H7N3O5S. The van der Waals surface area contributed by atoms with Gasteiger partial charge in [-0.15, -0.1) is 0 Å². The highest BCUT2D eigenvalue weighted by molar-refractivity contribution is 7.80. The van der Waals surface area contributed by atoms with E-state index in [1.54, 1.807) is 0 Å². The Balaban J connectivity index is 3.41. The molecule has 0 saturated heterocycles. The molecule has 17 heavy (non-hydrogen) atoms. The molecule has 1 aromatic rings. The Kier molecular flexibility index (Phi) is 3.43. The van der Waals surface area contributed by atoms with Gasteiger partial charge in [-0.05, 0) is 18.3 Å². The number of nitrogens with two attached hydrogens (primary N) is 1. The van der Waals surface area contributed by atoms with Crippen molar-refractivity contribution < 1.29 is 19.9 Å². The molecule has 9 heteroatoms. The molecule has 5 N–H and O–H groups in total. The molecule has 0 aliphatic heterocycles. The van der Waals surface area contributed by atoms with E-state index in [-0.39, 0.29) is 10.8 Å². The van der Waals surface area contributed by atoms with Gasteiger partial charge in [0.1, 0.15) is 5.56 Å². The lowest BCUT2D eigenvalue weighted by molar-refractivity contribution is -0.385. The third kappa shape index (κ3) is 2.78. The number of carboxylic acids is 1. The van der Waals surface area contributed by atoms with Crippen LogP contribution < -0.4 is 11.1 Å². The van der Waals surface area contributed by atoms with Crippen molar-refractivity contribution in [2.45, 2.75) is 0 Å². The molecule has 0 unspecified atom stereocenters. The van der Waals surface area contributed by atoms with Gasteiger partial charge < -0.3 is 21.3 Å². The number of hydrogen-bond acceptors (Lipinski definition) is 5. The van der Waals surface area contributed by atoms with Crippen molar-refractivity contribution in [2.24, 2.45) is 5.73 Å². The van der Waals surface area contributed by atoms with E-state index < -0.39 is 27.9 Å². The predicted molar refractivity (Wildman–Crippen MR) is 62.1 cm³/mol. The van der Waals surface area contributed by atoms with Crippen LogP contribution in [0.3, 0.4) is 0 Å². The second-order valence-corrected chi connectivity index (χ2v) is 3.38. The van der Waals surface area contributed by atoms with E-state index in [1.165, 1.54) is 0 Å². The number of nitro benzene ring substituents is 1. The van der Waals surface area contributed by atoms with Gasteiger partial charge in [0.05, 0.1) is 4.92 Å². The van der Waals surface area contributed by atoms with E-state index in [2.05, 4.69) is 17.5 Å². The first-order valence-corrected chi connectivity index (χ1v) is 4.55. The normalized spacial score (nSPS) is 9.65. The van der Waals surface area contributed by atoms with Gasteiger partial charge in [-0.2, -0.15) is 0 Å². The van der Waals surface area contributed by atoms with E-state index in [1.807, 2.05) is 0 Å². The monoisotopic (exact) mass is 257 g/mol. The molecule has 90 valence electrons. The predicted octanol–water partition coefficient (Wildman–Crippen LogP) is 0.654. The fourth-order valence-electron chi connectivity index (χ4n) is 1.14. The third-order valence-electron chi connectivity index (χ3n) is 1.78. The minimum Gasteiger partial charge on any atom is -0.501 e. The molecule has 1 aromatic carbocycles. The van der Waals surface area contributed by atoms with E-state index in [4.69, 9.17) is 10.8 Å². The molecule has 0 amide bonds. The standard InChI is InChI=1S/C8H7N3O5S/c9-8(17)10-3-1-4(7(13)14)6(12)5(2-3)11(15)16/h1-2,12H,(H,13,14)(H3,9,10,17). The molecule has 0 radical (unpaired) electrons. The maximum absolute atomic E-state index is 10.8. The number of nitro groups is 1. The zero-order valence-electron chi connectivity index (χ0n) is 8.21. The molecule has 0 aromatic heterocycles. The average molecular weight is 257 g/mol. The molecule has 0 heterocycles. The Hall–Kier alpha value is -2.42. The van der Waals surface area contributed by atoms with Crippen LogP contribution in [0.2, 0.25) is 0 Å². The minimum atomic E-state index is -1.50. The Morgan fingerprint density at radius 3 is 2.53 bits per heavy atom. The van der Waals surface area contributed by atoms with Crippen molar-refractivity contribution in [3.05, 3.63) is 27.8 Å². The van der Waals surface area contributed by atoms with Crippen LogP contribution in [0.25, 0.3) is 0 Å². The van der Waals surface area contributed by atoms with Crippen LogP contribution in [0.4, 0.5) is 11.4 Å². The summed E-state index contributed by atoms with van der Waals surface area (Å²) in [4.78, 5) is 20.4. The van der Waals surface area contributed by atoms with E-state index in [0.717, 1.165) is 12.1 Å². The quantitative estimate of drug-likeness (QED) is 0.268. The summed E-state index contributed by atoms with van der Waals surface area (Å²) in [6.45, 7) is 0. The minimum absolute atomic E-state index is 0.0133. The zero-order valence-corrected chi connectivity index (χ0v) is 9.02. The molecule has 0 atom stereocenters. The maximum atomic E-state index is 10.8. The fourth-order valence-corrected chi connectivity index (χ4v) is 1.25. The van der Waals surface area contributed by atoms with Crippen LogP contribution >= 0.6 is 12.2 Å². The van der Waals surface area contributed by atoms with Crippen molar-refractivity contribution in [1.82, 2.24) is 0 Å². The largest absolute Gasteiger partial charge is 0.501 e. The molecule has 0 bridgehead atoms. The number of carbonyl (C=O) groups is 1. The van der Waals surface area contributed by atoms with Crippen LogP contribution in [0.5, 0.6) is 5.75 Å². The van der Waals surface area contributed by atoms with Crippen LogP contribution in [0, 0.1) is 10.1 Å². The zero-order chi connectivity index (χ0) is 13.2. The van der Waals surface area contributed by atoms with E-state index in [9.17, 15) is 20.0 Å². The second-order valence-electron chi connectivity index (χ2n) is 2.94.